The molecule has 0 fully saturated rings. The van der Waals surface area contributed by atoms with Gasteiger partial charge in [-0.05, 0) is 52.9 Å². The van der Waals surface area contributed by atoms with Crippen molar-refractivity contribution in [2.24, 2.45) is 0 Å². The van der Waals surface area contributed by atoms with Crippen LogP contribution in [0.2, 0.25) is 0 Å². The summed E-state index contributed by atoms with van der Waals surface area (Å²) in [5.74, 6) is -0.775. The SMILES string of the molecule is CN(C(=O)COC(=O)c1cccc(I)c1)c1ccccc1. The maximum absolute atomic E-state index is 12.0. The van der Waals surface area contributed by atoms with Crippen molar-refractivity contribution in [1.29, 1.82) is 0 Å². The molecule has 2 aromatic rings. The lowest BCUT2D eigenvalue weighted by Gasteiger charge is -2.17. The van der Waals surface area contributed by atoms with Gasteiger partial charge in [0.1, 0.15) is 0 Å². The van der Waals surface area contributed by atoms with Crippen molar-refractivity contribution in [2.75, 3.05) is 18.6 Å². The first-order valence-electron chi connectivity index (χ1n) is 6.32. The summed E-state index contributed by atoms with van der Waals surface area (Å²) in [7, 11) is 1.65. The first-order valence-corrected chi connectivity index (χ1v) is 7.40. The molecule has 0 radical (unpaired) electrons. The number of hydrogen-bond donors (Lipinski definition) is 0. The molecule has 2 aromatic carbocycles. The molecule has 1 amide bonds. The van der Waals surface area contributed by atoms with Crippen molar-refractivity contribution < 1.29 is 14.3 Å². The summed E-state index contributed by atoms with van der Waals surface area (Å²) in [6, 6.07) is 16.2. The Balaban J connectivity index is 1.93. The fraction of sp³-hybridized carbons (Fsp3) is 0.125. The standard InChI is InChI=1S/C16H14INO3/c1-18(14-8-3-2-4-9-14)15(19)11-21-16(20)12-6-5-7-13(17)10-12/h2-10H,11H2,1H3. The highest BCUT2D eigenvalue weighted by Crippen LogP contribution is 2.12. The fourth-order valence-corrected chi connectivity index (χ4v) is 2.26. The Morgan fingerprint density at radius 1 is 1.10 bits per heavy atom. The average Bonchev–Trinajstić information content (AvgIpc) is 2.52. The Morgan fingerprint density at radius 3 is 2.48 bits per heavy atom. The van der Waals surface area contributed by atoms with E-state index in [0.717, 1.165) is 9.26 Å². The van der Waals surface area contributed by atoms with Crippen LogP contribution in [0.15, 0.2) is 54.6 Å². The van der Waals surface area contributed by atoms with Gasteiger partial charge in [0.15, 0.2) is 6.61 Å². The quantitative estimate of drug-likeness (QED) is 0.591. The molecular formula is C16H14INO3. The van der Waals surface area contributed by atoms with Crippen LogP contribution in [0.1, 0.15) is 10.4 Å². The molecule has 0 spiro atoms. The minimum atomic E-state index is -0.497. The zero-order valence-electron chi connectivity index (χ0n) is 11.5. The molecule has 0 aromatic heterocycles. The molecule has 0 atom stereocenters. The van der Waals surface area contributed by atoms with Gasteiger partial charge in [-0.15, -0.1) is 0 Å². The second kappa shape index (κ2) is 7.21. The van der Waals surface area contributed by atoms with Crippen LogP contribution in [0.5, 0.6) is 0 Å². The molecule has 4 nitrogen and oxygen atoms in total. The van der Waals surface area contributed by atoms with Gasteiger partial charge in [0, 0.05) is 16.3 Å². The molecular weight excluding hydrogens is 381 g/mol. The third kappa shape index (κ3) is 4.29. The van der Waals surface area contributed by atoms with Crippen molar-refractivity contribution in [3.63, 3.8) is 0 Å². The van der Waals surface area contributed by atoms with Crippen LogP contribution in [0.3, 0.4) is 0 Å². The Morgan fingerprint density at radius 2 is 1.81 bits per heavy atom. The zero-order valence-corrected chi connectivity index (χ0v) is 13.6. The molecule has 0 bridgehead atoms. The highest BCUT2D eigenvalue weighted by molar-refractivity contribution is 14.1. The van der Waals surface area contributed by atoms with Crippen LogP contribution in [0.4, 0.5) is 5.69 Å². The average molecular weight is 395 g/mol. The van der Waals surface area contributed by atoms with Gasteiger partial charge in [0.05, 0.1) is 5.56 Å². The summed E-state index contributed by atoms with van der Waals surface area (Å²) in [5.41, 5.74) is 1.20. The largest absolute Gasteiger partial charge is 0.452 e. The van der Waals surface area contributed by atoms with Crippen molar-refractivity contribution in [3.05, 3.63) is 63.7 Å². The smallest absolute Gasteiger partial charge is 0.338 e. The van der Waals surface area contributed by atoms with Crippen molar-refractivity contribution in [3.8, 4) is 0 Å². The summed E-state index contributed by atoms with van der Waals surface area (Å²) in [6.07, 6.45) is 0. The molecule has 2 rings (SSSR count). The number of nitrogens with zero attached hydrogens (tertiary/aromatic N) is 1. The lowest BCUT2D eigenvalue weighted by molar-refractivity contribution is -0.121. The van der Waals surface area contributed by atoms with Gasteiger partial charge in [0.2, 0.25) is 0 Å². The molecule has 0 saturated carbocycles. The van der Waals surface area contributed by atoms with E-state index >= 15 is 0 Å². The highest BCUT2D eigenvalue weighted by atomic mass is 127. The first kappa shape index (κ1) is 15.5. The van der Waals surface area contributed by atoms with E-state index in [1.165, 1.54) is 4.90 Å². The van der Waals surface area contributed by atoms with Crippen LogP contribution >= 0.6 is 22.6 Å². The Bertz CT molecular complexity index is 643. The lowest BCUT2D eigenvalue weighted by atomic mass is 10.2. The van der Waals surface area contributed by atoms with E-state index in [-0.39, 0.29) is 12.5 Å². The zero-order chi connectivity index (χ0) is 15.2. The molecule has 0 N–H and O–H groups in total. The number of benzene rings is 2. The number of hydrogen-bond acceptors (Lipinski definition) is 3. The van der Waals surface area contributed by atoms with E-state index < -0.39 is 5.97 Å². The van der Waals surface area contributed by atoms with Crippen molar-refractivity contribution in [2.45, 2.75) is 0 Å². The molecule has 0 saturated heterocycles. The summed E-state index contributed by atoms with van der Waals surface area (Å²) in [4.78, 5) is 25.3. The van der Waals surface area contributed by atoms with Gasteiger partial charge >= 0.3 is 5.97 Å². The molecule has 0 aliphatic rings. The van der Waals surface area contributed by atoms with Crippen molar-refractivity contribution in [1.82, 2.24) is 0 Å². The third-order valence-electron chi connectivity index (χ3n) is 2.90. The fourth-order valence-electron chi connectivity index (χ4n) is 1.72. The van der Waals surface area contributed by atoms with E-state index in [1.54, 1.807) is 25.2 Å². The number of para-hydroxylation sites is 1. The predicted octanol–water partition coefficient (Wildman–Crippen LogP) is 3.11. The van der Waals surface area contributed by atoms with Crippen LogP contribution < -0.4 is 4.90 Å². The maximum Gasteiger partial charge on any atom is 0.338 e. The normalized spacial score (nSPS) is 10.0. The molecule has 21 heavy (non-hydrogen) atoms. The second-order valence-corrected chi connectivity index (χ2v) is 5.62. The molecule has 5 heteroatoms. The number of esters is 1. The minimum absolute atomic E-state index is 0.278. The number of anilines is 1. The number of carbonyl (C=O) groups is 2. The van der Waals surface area contributed by atoms with Crippen molar-refractivity contribution >= 4 is 40.2 Å². The van der Waals surface area contributed by atoms with E-state index in [9.17, 15) is 9.59 Å². The molecule has 108 valence electrons. The number of likely N-dealkylation sites (N-methyl/N-ethyl adjacent to an activating group) is 1. The minimum Gasteiger partial charge on any atom is -0.452 e. The second-order valence-electron chi connectivity index (χ2n) is 4.37. The molecule has 0 aliphatic heterocycles. The Kier molecular flexibility index (Phi) is 5.32. The van der Waals surface area contributed by atoms with Crippen LogP contribution in [-0.2, 0) is 9.53 Å². The number of ether oxygens (including phenoxy) is 1. The van der Waals surface area contributed by atoms with Gasteiger partial charge in [-0.1, -0.05) is 24.3 Å². The summed E-state index contributed by atoms with van der Waals surface area (Å²) in [5, 5.41) is 0. The summed E-state index contributed by atoms with van der Waals surface area (Å²) < 4.78 is 5.99. The van der Waals surface area contributed by atoms with Gasteiger partial charge in [-0.3, -0.25) is 4.79 Å². The van der Waals surface area contributed by atoms with E-state index in [4.69, 9.17) is 4.74 Å². The number of rotatable bonds is 4. The number of halogens is 1. The van der Waals surface area contributed by atoms with Gasteiger partial charge in [-0.25, -0.2) is 4.79 Å². The van der Waals surface area contributed by atoms with E-state index in [2.05, 4.69) is 22.6 Å². The Labute approximate surface area is 136 Å². The van der Waals surface area contributed by atoms with E-state index in [0.29, 0.717) is 5.56 Å². The molecule has 0 unspecified atom stereocenters. The summed E-state index contributed by atoms with van der Waals surface area (Å²) >= 11 is 2.12. The Hall–Kier alpha value is -1.89. The van der Waals surface area contributed by atoms with Gasteiger partial charge < -0.3 is 9.64 Å². The monoisotopic (exact) mass is 395 g/mol. The maximum atomic E-state index is 12.0. The lowest BCUT2D eigenvalue weighted by Crippen LogP contribution is -2.31. The summed E-state index contributed by atoms with van der Waals surface area (Å²) in [6.45, 7) is -0.282. The van der Waals surface area contributed by atoms with Crippen LogP contribution in [0, 0.1) is 3.57 Å². The predicted molar refractivity (Wildman–Crippen MR) is 89.3 cm³/mol. The van der Waals surface area contributed by atoms with Gasteiger partial charge in [-0.2, -0.15) is 0 Å². The van der Waals surface area contributed by atoms with Gasteiger partial charge in [0.25, 0.3) is 5.91 Å². The third-order valence-corrected chi connectivity index (χ3v) is 3.58. The van der Waals surface area contributed by atoms with Crippen LogP contribution in [0.25, 0.3) is 0 Å². The molecule has 0 aliphatic carbocycles. The topological polar surface area (TPSA) is 46.6 Å². The van der Waals surface area contributed by atoms with E-state index in [1.807, 2.05) is 36.4 Å². The number of amides is 1. The highest BCUT2D eigenvalue weighted by Gasteiger charge is 2.14. The van der Waals surface area contributed by atoms with Crippen LogP contribution in [-0.4, -0.2) is 25.5 Å². The first-order chi connectivity index (χ1) is 10.1. The molecule has 0 heterocycles. The number of carbonyl (C=O) groups excluding carboxylic acids is 2.